The molecule has 0 aromatic rings. The van der Waals surface area contributed by atoms with Crippen molar-refractivity contribution in [3.8, 4) is 0 Å². The molecule has 0 radical (unpaired) electrons. The highest BCUT2D eigenvalue weighted by Gasteiger charge is 2.27. The summed E-state index contributed by atoms with van der Waals surface area (Å²) in [4.78, 5) is 0. The van der Waals surface area contributed by atoms with E-state index in [4.69, 9.17) is 9.05 Å². The SMILES string of the molecule is C[N+](C)(C)CCOP(C)(=O)OCC[N+](CCO)(CCO)CCO. The lowest BCUT2D eigenvalue weighted by molar-refractivity contribution is -0.929. The standard InChI is InChI=1S/C14H35N2O6P/c1-15(2,3)8-13-21-23(4,20)22-14-9-16(5-10-17,6-11-18)7-12-19/h17-19H,5-14H2,1-4H3/q+2. The van der Waals surface area contributed by atoms with Crippen molar-refractivity contribution in [3.63, 3.8) is 0 Å². The van der Waals surface area contributed by atoms with Crippen LogP contribution in [-0.2, 0) is 13.6 Å². The molecule has 0 aromatic carbocycles. The van der Waals surface area contributed by atoms with Crippen LogP contribution < -0.4 is 0 Å². The molecule has 0 aliphatic heterocycles. The first-order valence-electron chi connectivity index (χ1n) is 7.94. The normalized spacial score (nSPS) is 15.6. The molecule has 1 unspecified atom stereocenters. The maximum atomic E-state index is 12.3. The van der Waals surface area contributed by atoms with E-state index in [1.807, 2.05) is 21.1 Å². The van der Waals surface area contributed by atoms with Crippen LogP contribution in [0.4, 0.5) is 0 Å². The molecule has 0 rings (SSSR count). The molecule has 3 N–H and O–H groups in total. The topological polar surface area (TPSA) is 96.2 Å². The second kappa shape index (κ2) is 10.7. The van der Waals surface area contributed by atoms with Crippen molar-refractivity contribution in [2.24, 2.45) is 0 Å². The highest BCUT2D eigenvalue weighted by molar-refractivity contribution is 7.52. The number of hydrogen-bond acceptors (Lipinski definition) is 6. The Bertz CT molecular complexity index is 345. The summed E-state index contributed by atoms with van der Waals surface area (Å²) in [6.07, 6.45) is 0. The summed E-state index contributed by atoms with van der Waals surface area (Å²) in [5, 5.41) is 27.6. The first-order valence-corrected chi connectivity index (χ1v) is 9.93. The van der Waals surface area contributed by atoms with Gasteiger partial charge in [-0.05, 0) is 0 Å². The van der Waals surface area contributed by atoms with Crippen molar-refractivity contribution >= 4 is 7.60 Å². The Hall–Kier alpha value is -0.0500. The van der Waals surface area contributed by atoms with Gasteiger partial charge in [0.2, 0.25) is 0 Å². The number of hydrogen-bond donors (Lipinski definition) is 3. The van der Waals surface area contributed by atoms with Crippen LogP contribution in [0.5, 0.6) is 0 Å². The molecule has 0 amide bonds. The smallest absolute Gasteiger partial charge is 0.328 e. The molecule has 140 valence electrons. The van der Waals surface area contributed by atoms with Gasteiger partial charge in [0.15, 0.2) is 0 Å². The fraction of sp³-hybridized carbons (Fsp3) is 1.00. The van der Waals surface area contributed by atoms with Crippen LogP contribution in [0.15, 0.2) is 0 Å². The molecule has 0 aliphatic carbocycles. The molecule has 23 heavy (non-hydrogen) atoms. The number of nitrogens with zero attached hydrogens (tertiary/aromatic N) is 2. The first-order chi connectivity index (χ1) is 10.6. The average molecular weight is 358 g/mol. The largest absolute Gasteiger partial charge is 0.391 e. The first kappa shape index (κ1) is 22.9. The number of aliphatic hydroxyl groups excluding tert-OH is 3. The zero-order valence-corrected chi connectivity index (χ0v) is 15.9. The van der Waals surface area contributed by atoms with E-state index in [0.29, 0.717) is 41.8 Å². The lowest BCUT2D eigenvalue weighted by Gasteiger charge is -2.37. The van der Waals surface area contributed by atoms with Gasteiger partial charge in [0.1, 0.15) is 45.9 Å². The van der Waals surface area contributed by atoms with Crippen molar-refractivity contribution in [1.82, 2.24) is 0 Å². The Balaban J connectivity index is 4.41. The second-order valence-electron chi connectivity index (χ2n) is 6.86. The van der Waals surface area contributed by atoms with Crippen LogP contribution in [-0.4, -0.2) is 118 Å². The molecule has 0 fully saturated rings. The van der Waals surface area contributed by atoms with Crippen molar-refractivity contribution in [2.75, 3.05) is 93.6 Å². The van der Waals surface area contributed by atoms with Crippen LogP contribution in [0.25, 0.3) is 0 Å². The number of aliphatic hydroxyl groups is 3. The fourth-order valence-corrected chi connectivity index (χ4v) is 3.13. The van der Waals surface area contributed by atoms with Gasteiger partial charge >= 0.3 is 7.60 Å². The average Bonchev–Trinajstić information content (AvgIpc) is 2.37. The van der Waals surface area contributed by atoms with Gasteiger partial charge in [-0.1, -0.05) is 0 Å². The van der Waals surface area contributed by atoms with Crippen molar-refractivity contribution in [1.29, 1.82) is 0 Å². The van der Waals surface area contributed by atoms with Crippen LogP contribution in [0.1, 0.15) is 0 Å². The molecule has 0 saturated heterocycles. The number of likely N-dealkylation sites (N-methyl/N-ethyl adjacent to an activating group) is 1. The van der Waals surface area contributed by atoms with Crippen molar-refractivity contribution in [2.45, 2.75) is 0 Å². The summed E-state index contributed by atoms with van der Waals surface area (Å²) in [6, 6.07) is 0. The highest BCUT2D eigenvalue weighted by atomic mass is 31.2. The van der Waals surface area contributed by atoms with Crippen LogP contribution >= 0.6 is 7.60 Å². The Labute approximate surface area is 139 Å². The van der Waals surface area contributed by atoms with E-state index in [-0.39, 0.29) is 26.4 Å². The molecule has 0 saturated carbocycles. The minimum atomic E-state index is -3.13. The van der Waals surface area contributed by atoms with Gasteiger partial charge in [0.05, 0.1) is 41.0 Å². The third-order valence-electron chi connectivity index (χ3n) is 3.70. The summed E-state index contributed by atoms with van der Waals surface area (Å²) >= 11 is 0. The third kappa shape index (κ3) is 11.2. The van der Waals surface area contributed by atoms with Crippen LogP contribution in [0, 0.1) is 0 Å². The lowest BCUT2D eigenvalue weighted by Crippen LogP contribution is -2.54. The summed E-state index contributed by atoms with van der Waals surface area (Å²) in [7, 11) is 2.94. The Morgan fingerprint density at radius 2 is 1.17 bits per heavy atom. The predicted molar refractivity (Wildman–Crippen MR) is 89.3 cm³/mol. The molecule has 0 aromatic heterocycles. The second-order valence-corrected chi connectivity index (χ2v) is 8.92. The summed E-state index contributed by atoms with van der Waals surface area (Å²) < 4.78 is 24.1. The summed E-state index contributed by atoms with van der Waals surface area (Å²) in [5.41, 5.74) is 0. The van der Waals surface area contributed by atoms with E-state index < -0.39 is 7.60 Å². The fourth-order valence-electron chi connectivity index (χ4n) is 2.23. The van der Waals surface area contributed by atoms with Gasteiger partial charge in [-0.15, -0.1) is 0 Å². The van der Waals surface area contributed by atoms with E-state index in [2.05, 4.69) is 0 Å². The maximum absolute atomic E-state index is 12.3. The van der Waals surface area contributed by atoms with Gasteiger partial charge in [0.25, 0.3) is 0 Å². The van der Waals surface area contributed by atoms with E-state index in [0.717, 1.165) is 6.54 Å². The Morgan fingerprint density at radius 3 is 1.52 bits per heavy atom. The van der Waals surface area contributed by atoms with E-state index in [1.165, 1.54) is 6.66 Å². The molecule has 0 spiro atoms. The predicted octanol–water partition coefficient (Wildman–Crippen LogP) is -0.658. The molecule has 0 heterocycles. The molecule has 9 heteroatoms. The maximum Gasteiger partial charge on any atom is 0.328 e. The van der Waals surface area contributed by atoms with Crippen molar-refractivity contribution in [3.05, 3.63) is 0 Å². The van der Waals surface area contributed by atoms with Gasteiger partial charge in [0, 0.05) is 6.66 Å². The van der Waals surface area contributed by atoms with Crippen LogP contribution in [0.3, 0.4) is 0 Å². The molecule has 0 aliphatic rings. The third-order valence-corrected chi connectivity index (χ3v) is 5.01. The zero-order chi connectivity index (χ0) is 18.0. The minimum absolute atomic E-state index is 0.0518. The highest BCUT2D eigenvalue weighted by Crippen LogP contribution is 2.43. The zero-order valence-electron chi connectivity index (χ0n) is 15.0. The molecule has 1 atom stereocenters. The molecule has 0 bridgehead atoms. The minimum Gasteiger partial charge on any atom is -0.391 e. The molecule has 8 nitrogen and oxygen atoms in total. The van der Waals surface area contributed by atoms with E-state index in [1.54, 1.807) is 0 Å². The monoisotopic (exact) mass is 358 g/mol. The van der Waals surface area contributed by atoms with Gasteiger partial charge in [-0.2, -0.15) is 0 Å². The lowest BCUT2D eigenvalue weighted by atomic mass is 10.3. The van der Waals surface area contributed by atoms with E-state index >= 15 is 0 Å². The molecular formula is C14H35N2O6P+2. The summed E-state index contributed by atoms with van der Waals surface area (Å²) in [6.45, 7) is 4.19. The number of rotatable bonds is 14. The van der Waals surface area contributed by atoms with Crippen LogP contribution in [0.2, 0.25) is 0 Å². The Kier molecular flexibility index (Phi) is 10.7. The quantitative estimate of drug-likeness (QED) is 0.282. The van der Waals surface area contributed by atoms with Gasteiger partial charge in [-0.3, -0.25) is 4.57 Å². The molecular weight excluding hydrogens is 323 g/mol. The summed E-state index contributed by atoms with van der Waals surface area (Å²) in [5.74, 6) is 0. The van der Waals surface area contributed by atoms with Gasteiger partial charge < -0.3 is 33.3 Å². The number of quaternary nitrogens is 2. The Morgan fingerprint density at radius 1 is 0.783 bits per heavy atom. The van der Waals surface area contributed by atoms with E-state index in [9.17, 15) is 19.9 Å². The van der Waals surface area contributed by atoms with Gasteiger partial charge in [-0.25, -0.2) is 0 Å². The van der Waals surface area contributed by atoms with Crippen molar-refractivity contribution < 1.29 is 37.9 Å².